The SMILES string of the molecule is O=C(Nc1ccc(NCCCNC(=O)C(O)c2cc(F)cc(F)c2)nc1)c1oc(N2CCC(c3ccc(-c4ccc(F)c(CC(=O)N5CCN(c6ccc(NC(=O)c7oc(N8CCC(c9ccccc9)CC8)nc7C(F)(F)F)cn6)CC5)c4)cc3)CC2)nc1C(F)(F)F. The number of rotatable bonds is 19. The summed E-state index contributed by atoms with van der Waals surface area (Å²) in [6.45, 7) is 2.97. The molecule has 5 N–H and O–H groups in total. The lowest BCUT2D eigenvalue weighted by Gasteiger charge is -2.35. The molecule has 7 heterocycles. The van der Waals surface area contributed by atoms with Gasteiger partial charge in [0.15, 0.2) is 17.5 Å². The third kappa shape index (κ3) is 15.7. The Morgan fingerprint density at radius 1 is 0.581 bits per heavy atom. The number of piperidine rings is 2. The van der Waals surface area contributed by atoms with E-state index in [2.05, 4.69) is 41.2 Å². The fraction of sp³-hybridized carbons (Fsp3) is 0.323. The molecule has 4 aromatic carbocycles. The molecule has 28 heteroatoms. The quantitative estimate of drug-likeness (QED) is 0.0375. The van der Waals surface area contributed by atoms with E-state index in [1.165, 1.54) is 41.6 Å². The predicted molar refractivity (Wildman–Crippen MR) is 324 cm³/mol. The van der Waals surface area contributed by atoms with Crippen LogP contribution in [0, 0.1) is 17.5 Å². The molecule has 3 fully saturated rings. The number of benzene rings is 4. The highest BCUT2D eigenvalue weighted by Gasteiger charge is 2.44. The maximum Gasteiger partial charge on any atom is 0.437 e. The Balaban J connectivity index is 0.621. The Labute approximate surface area is 526 Å². The Bertz CT molecular complexity index is 3920. The molecule has 1 atom stereocenters. The molecule has 93 heavy (non-hydrogen) atoms. The lowest BCUT2D eigenvalue weighted by Crippen LogP contribution is -2.49. The van der Waals surface area contributed by atoms with Crippen LogP contribution in [0.5, 0.6) is 0 Å². The Kier molecular flexibility index (Phi) is 19.3. The van der Waals surface area contributed by atoms with Gasteiger partial charge in [-0.05, 0) is 126 Å². The number of nitrogens with one attached hydrogen (secondary N) is 4. The smallest absolute Gasteiger partial charge is 0.417 e. The first-order chi connectivity index (χ1) is 44.6. The summed E-state index contributed by atoms with van der Waals surface area (Å²) in [7, 11) is 0. The minimum absolute atomic E-state index is 0.00366. The summed E-state index contributed by atoms with van der Waals surface area (Å²) in [5.74, 6) is -6.87. The third-order valence-electron chi connectivity index (χ3n) is 16.5. The number of halogens is 9. The standard InChI is InChI=1S/C65H61F9N12O7/c66-46-32-45(33-47(67)35-46)54(88)59(89)76-22-4-21-75-51-15-12-48(36-77-51)79-60(90)55-57(64(69,70)71)81-63(92-55)86-25-19-42(20-26-86)39-7-9-40(10-8-39)43-11-14-50(68)44(31-43)34-53(87)84-29-27-83(28-30-84)52-16-13-49(37-78-52)80-61(91)56-58(65(72,73)74)82-62(93-56)85-23-17-41(18-24-85)38-5-2-1-3-6-38/h1-3,5-16,31-33,35-37,41-42,54,88H,4,17-30,34H2,(H,75,77)(H,76,89)(H,79,90)(H,80,91). The lowest BCUT2D eigenvalue weighted by atomic mass is 9.88. The molecule has 3 aliphatic rings. The Hall–Kier alpha value is -9.99. The maximum absolute atomic E-state index is 15.3. The fourth-order valence-electron chi connectivity index (χ4n) is 11.5. The number of aliphatic hydroxyl groups is 1. The highest BCUT2D eigenvalue weighted by Crippen LogP contribution is 2.39. The van der Waals surface area contributed by atoms with Crippen LogP contribution < -0.4 is 36.0 Å². The number of hydrogen-bond acceptors (Lipinski definition) is 15. The van der Waals surface area contributed by atoms with Crippen molar-refractivity contribution in [2.45, 2.75) is 68.8 Å². The minimum Gasteiger partial charge on any atom is -0.417 e. The van der Waals surface area contributed by atoms with Crippen molar-refractivity contribution in [1.82, 2.24) is 30.2 Å². The van der Waals surface area contributed by atoms with Crippen LogP contribution in [0.1, 0.15) is 105 Å². The van der Waals surface area contributed by atoms with Crippen molar-refractivity contribution in [1.29, 1.82) is 0 Å². The number of aromatic nitrogens is 4. The molecule has 3 aliphatic heterocycles. The average molecular weight is 1290 g/mol. The number of aliphatic hydroxyl groups excluding tert-OH is 1. The first kappa shape index (κ1) is 64.5. The molecule has 0 bridgehead atoms. The van der Waals surface area contributed by atoms with Crippen molar-refractivity contribution >= 4 is 58.7 Å². The van der Waals surface area contributed by atoms with Gasteiger partial charge >= 0.3 is 12.4 Å². The number of pyridine rings is 2. The zero-order chi connectivity index (χ0) is 65.6. The van der Waals surface area contributed by atoms with E-state index in [0.29, 0.717) is 94.6 Å². The van der Waals surface area contributed by atoms with Gasteiger partial charge in [0, 0.05) is 71.5 Å². The van der Waals surface area contributed by atoms with Crippen LogP contribution in [-0.2, 0) is 28.4 Å². The summed E-state index contributed by atoms with van der Waals surface area (Å²) in [5.41, 5.74) is 0.736. The minimum atomic E-state index is -5.03. The molecule has 3 saturated heterocycles. The highest BCUT2D eigenvalue weighted by atomic mass is 19.4. The number of alkyl halides is 6. The van der Waals surface area contributed by atoms with E-state index in [0.717, 1.165) is 28.8 Å². The second-order valence-electron chi connectivity index (χ2n) is 22.7. The Morgan fingerprint density at radius 3 is 1.65 bits per heavy atom. The molecule has 0 saturated carbocycles. The number of anilines is 6. The van der Waals surface area contributed by atoms with Crippen LogP contribution in [0.15, 0.2) is 136 Å². The van der Waals surface area contributed by atoms with Crippen molar-refractivity contribution in [3.63, 3.8) is 0 Å². The summed E-state index contributed by atoms with van der Waals surface area (Å²) in [6.07, 6.45) is -6.78. The van der Waals surface area contributed by atoms with Gasteiger partial charge in [-0.25, -0.2) is 23.1 Å². The van der Waals surface area contributed by atoms with E-state index in [4.69, 9.17) is 8.83 Å². The average Bonchev–Trinajstić information content (AvgIpc) is 1.70. The van der Waals surface area contributed by atoms with Crippen LogP contribution in [0.2, 0.25) is 0 Å². The molecule has 0 aliphatic carbocycles. The van der Waals surface area contributed by atoms with E-state index in [1.807, 2.05) is 59.5 Å². The van der Waals surface area contributed by atoms with Crippen molar-refractivity contribution in [2.24, 2.45) is 0 Å². The molecule has 1 unspecified atom stereocenters. The van der Waals surface area contributed by atoms with Gasteiger partial charge in [0.2, 0.25) is 17.4 Å². The number of nitrogens with zero attached hydrogens (tertiary/aromatic N) is 8. The van der Waals surface area contributed by atoms with E-state index in [9.17, 15) is 59.4 Å². The summed E-state index contributed by atoms with van der Waals surface area (Å²) in [4.78, 5) is 75.1. The van der Waals surface area contributed by atoms with Crippen LogP contribution in [-0.4, -0.2) is 119 Å². The second kappa shape index (κ2) is 27.9. The Morgan fingerprint density at radius 2 is 1.12 bits per heavy atom. The van der Waals surface area contributed by atoms with Crippen LogP contribution in [0.25, 0.3) is 11.1 Å². The van der Waals surface area contributed by atoms with Gasteiger partial charge in [-0.2, -0.15) is 36.3 Å². The molecule has 4 amide bonds. The summed E-state index contributed by atoms with van der Waals surface area (Å²) in [6, 6.07) is 29.6. The van der Waals surface area contributed by atoms with Gasteiger partial charge in [-0.3, -0.25) is 19.2 Å². The van der Waals surface area contributed by atoms with Gasteiger partial charge in [-0.15, -0.1) is 0 Å². The molecule has 19 nitrogen and oxygen atoms in total. The van der Waals surface area contributed by atoms with Gasteiger partial charge in [0.25, 0.3) is 29.8 Å². The molecule has 8 aromatic rings. The zero-order valence-corrected chi connectivity index (χ0v) is 49.5. The zero-order valence-electron chi connectivity index (χ0n) is 49.5. The number of hydrogen-bond donors (Lipinski definition) is 5. The number of oxazole rings is 2. The van der Waals surface area contributed by atoms with E-state index < -0.39 is 76.5 Å². The van der Waals surface area contributed by atoms with E-state index in [1.54, 1.807) is 28.0 Å². The van der Waals surface area contributed by atoms with Crippen LogP contribution in [0.3, 0.4) is 0 Å². The molecular weight excluding hydrogens is 1230 g/mol. The van der Waals surface area contributed by atoms with Gasteiger partial charge < -0.3 is 54.8 Å². The lowest BCUT2D eigenvalue weighted by molar-refractivity contribution is -0.142. The van der Waals surface area contributed by atoms with Crippen molar-refractivity contribution in [2.75, 3.05) is 96.1 Å². The van der Waals surface area contributed by atoms with E-state index in [-0.39, 0.29) is 84.9 Å². The fourth-order valence-corrected chi connectivity index (χ4v) is 11.5. The number of carbonyl (C=O) groups excluding carboxylic acids is 4. The first-order valence-corrected chi connectivity index (χ1v) is 29.9. The molecule has 11 rings (SSSR count). The third-order valence-corrected chi connectivity index (χ3v) is 16.5. The molecule has 0 spiro atoms. The summed E-state index contributed by atoms with van der Waals surface area (Å²) >= 11 is 0. The van der Waals surface area contributed by atoms with E-state index >= 15 is 4.39 Å². The molecule has 486 valence electrons. The predicted octanol–water partition coefficient (Wildman–Crippen LogP) is 11.4. The van der Waals surface area contributed by atoms with Crippen LogP contribution in [0.4, 0.5) is 74.6 Å². The molecular formula is C65H61F9N12O7. The van der Waals surface area contributed by atoms with Gasteiger partial charge in [0.05, 0.1) is 30.2 Å². The number of carbonyl (C=O) groups is 4. The largest absolute Gasteiger partial charge is 0.437 e. The molecule has 0 radical (unpaired) electrons. The highest BCUT2D eigenvalue weighted by molar-refractivity contribution is 6.04. The van der Waals surface area contributed by atoms with Crippen molar-refractivity contribution < 1.29 is 72.6 Å². The van der Waals surface area contributed by atoms with Gasteiger partial charge in [0.1, 0.15) is 29.1 Å². The molecule has 4 aromatic heterocycles. The maximum atomic E-state index is 15.3. The second-order valence-corrected chi connectivity index (χ2v) is 22.7. The first-order valence-electron chi connectivity index (χ1n) is 29.9. The summed E-state index contributed by atoms with van der Waals surface area (Å²) < 4.78 is 139. The van der Waals surface area contributed by atoms with Crippen LogP contribution >= 0.6 is 0 Å². The normalized spacial score (nSPS) is 15.5. The van der Waals surface area contributed by atoms with Crippen molar-refractivity contribution in [3.05, 3.63) is 190 Å². The number of piperazine rings is 1. The number of amides is 4. The van der Waals surface area contributed by atoms with Crippen molar-refractivity contribution in [3.8, 4) is 11.1 Å². The summed E-state index contributed by atoms with van der Waals surface area (Å²) in [5, 5.41) is 20.4. The monoisotopic (exact) mass is 1290 g/mol. The topological polar surface area (TPSA) is 227 Å². The van der Waals surface area contributed by atoms with Gasteiger partial charge in [-0.1, -0.05) is 60.7 Å².